The van der Waals surface area contributed by atoms with Crippen LogP contribution < -0.4 is 4.74 Å². The summed E-state index contributed by atoms with van der Waals surface area (Å²) < 4.78 is 43.1. The van der Waals surface area contributed by atoms with E-state index in [0.29, 0.717) is 5.88 Å². The molecule has 0 spiro atoms. The maximum Gasteiger partial charge on any atom is 0.414 e. The molecule has 5 nitrogen and oxygen atoms in total. The lowest BCUT2D eigenvalue weighted by molar-refractivity contribution is -0.222. The number of pyridine rings is 1. The largest absolute Gasteiger partial charge is 0.475 e. The fourth-order valence-electron chi connectivity index (χ4n) is 2.69. The number of aliphatic hydroxyl groups is 1. The third-order valence-electron chi connectivity index (χ3n) is 3.91. The number of halogens is 3. The molecule has 0 aromatic carbocycles. The Morgan fingerprint density at radius 3 is 2.50 bits per heavy atom. The fourth-order valence-corrected chi connectivity index (χ4v) is 2.69. The first-order valence-electron chi connectivity index (χ1n) is 7.86. The lowest BCUT2D eigenvalue weighted by Crippen LogP contribution is -2.45. The van der Waals surface area contributed by atoms with Gasteiger partial charge in [0.2, 0.25) is 5.88 Å². The minimum Gasteiger partial charge on any atom is -0.475 e. The summed E-state index contributed by atoms with van der Waals surface area (Å²) in [6, 6.07) is 4.84. The Balaban J connectivity index is 1.98. The number of aliphatic hydroxyl groups excluding tert-OH is 1. The molecular weight excluding hydrogens is 325 g/mol. The maximum absolute atomic E-state index is 12.5. The molecule has 1 unspecified atom stereocenters. The van der Waals surface area contributed by atoms with Crippen LogP contribution in [0.25, 0.3) is 0 Å². The third-order valence-corrected chi connectivity index (χ3v) is 3.91. The van der Waals surface area contributed by atoms with Crippen molar-refractivity contribution in [2.45, 2.75) is 45.1 Å². The molecule has 0 aliphatic carbocycles. The van der Waals surface area contributed by atoms with Crippen molar-refractivity contribution in [3.05, 3.63) is 23.9 Å². The van der Waals surface area contributed by atoms with Crippen LogP contribution in [0.2, 0.25) is 0 Å². The van der Waals surface area contributed by atoms with Gasteiger partial charge in [0.05, 0.1) is 6.10 Å². The van der Waals surface area contributed by atoms with Crippen LogP contribution in [0.1, 0.15) is 37.2 Å². The maximum atomic E-state index is 12.5. The van der Waals surface area contributed by atoms with Crippen LogP contribution in [0.4, 0.5) is 13.2 Å². The Hall–Kier alpha value is -1.83. The number of carbonyl (C=O) groups excluding carboxylic acids is 1. The highest BCUT2D eigenvalue weighted by Gasteiger charge is 2.44. The van der Waals surface area contributed by atoms with Gasteiger partial charge in [0, 0.05) is 19.2 Å². The summed E-state index contributed by atoms with van der Waals surface area (Å²) in [6.45, 7) is 4.00. The fraction of sp³-hybridized carbons (Fsp3) is 0.625. The van der Waals surface area contributed by atoms with Crippen LogP contribution in [-0.2, 0) is 0 Å². The number of piperidine rings is 1. The molecule has 1 amide bonds. The molecule has 1 atom stereocenters. The molecule has 0 radical (unpaired) electrons. The van der Waals surface area contributed by atoms with Gasteiger partial charge in [-0.3, -0.25) is 4.79 Å². The summed E-state index contributed by atoms with van der Waals surface area (Å²) in [5, 5.41) is 9.32. The van der Waals surface area contributed by atoms with E-state index >= 15 is 0 Å². The van der Waals surface area contributed by atoms with Crippen LogP contribution >= 0.6 is 0 Å². The first kappa shape index (κ1) is 18.5. The molecule has 1 aromatic rings. The van der Waals surface area contributed by atoms with Gasteiger partial charge < -0.3 is 14.7 Å². The van der Waals surface area contributed by atoms with Crippen molar-refractivity contribution in [1.29, 1.82) is 0 Å². The van der Waals surface area contributed by atoms with E-state index in [1.807, 2.05) is 13.8 Å². The average molecular weight is 346 g/mol. The molecule has 2 heterocycles. The molecule has 24 heavy (non-hydrogen) atoms. The zero-order valence-electron chi connectivity index (χ0n) is 13.6. The summed E-state index contributed by atoms with van der Waals surface area (Å²) in [7, 11) is 0. The van der Waals surface area contributed by atoms with Crippen LogP contribution in [0.5, 0.6) is 5.88 Å². The van der Waals surface area contributed by atoms with Gasteiger partial charge >= 0.3 is 6.18 Å². The van der Waals surface area contributed by atoms with Crippen LogP contribution in [0.3, 0.4) is 0 Å². The zero-order valence-corrected chi connectivity index (χ0v) is 13.6. The Bertz CT molecular complexity index is 570. The lowest BCUT2D eigenvalue weighted by atomic mass is 9.91. The van der Waals surface area contributed by atoms with E-state index < -0.39 is 18.2 Å². The number of carbonyl (C=O) groups is 1. The Labute approximate surface area is 138 Å². The molecule has 134 valence electrons. The lowest BCUT2D eigenvalue weighted by Gasteiger charge is -2.34. The van der Waals surface area contributed by atoms with Crippen molar-refractivity contribution in [3.8, 4) is 5.88 Å². The number of alkyl halides is 3. The number of likely N-dealkylation sites (tertiary alicyclic amines) is 1. The molecule has 1 N–H and O–H groups in total. The second-order valence-corrected chi connectivity index (χ2v) is 6.14. The second kappa shape index (κ2) is 7.38. The number of hydrogen-bond donors (Lipinski definition) is 1. The first-order chi connectivity index (χ1) is 11.2. The monoisotopic (exact) mass is 346 g/mol. The number of hydrogen-bond acceptors (Lipinski definition) is 4. The molecule has 2 rings (SSSR count). The van der Waals surface area contributed by atoms with Crippen LogP contribution in [-0.4, -0.2) is 52.4 Å². The molecule has 1 fully saturated rings. The summed E-state index contributed by atoms with van der Waals surface area (Å²) in [4.78, 5) is 18.0. The molecule has 8 heteroatoms. The van der Waals surface area contributed by atoms with Crippen LogP contribution in [0, 0.1) is 5.92 Å². The third kappa shape index (κ3) is 4.59. The second-order valence-electron chi connectivity index (χ2n) is 6.14. The summed E-state index contributed by atoms with van der Waals surface area (Å²) >= 11 is 0. The smallest absolute Gasteiger partial charge is 0.414 e. The standard InChI is InChI=1S/C16H21F3N2O3/c1-10(2)24-13-5-3-4-12(20-13)15(23)21-8-6-11(7-9-21)14(22)16(17,18)19/h3-5,10-11,14,22H,6-9H2,1-2H3. The van der Waals surface area contributed by atoms with Crippen LogP contribution in [0.15, 0.2) is 18.2 Å². The topological polar surface area (TPSA) is 62.7 Å². The molecular formula is C16H21F3N2O3. The first-order valence-corrected chi connectivity index (χ1v) is 7.86. The predicted octanol–water partition coefficient (Wildman–Crippen LogP) is 2.64. The Morgan fingerprint density at radius 1 is 1.33 bits per heavy atom. The van der Waals surface area contributed by atoms with Gasteiger partial charge in [-0.1, -0.05) is 6.07 Å². The van der Waals surface area contributed by atoms with Crippen molar-refractivity contribution in [3.63, 3.8) is 0 Å². The van der Waals surface area contributed by atoms with Gasteiger partial charge in [0.15, 0.2) is 6.10 Å². The number of ether oxygens (including phenoxy) is 1. The zero-order chi connectivity index (χ0) is 17.9. The minimum absolute atomic E-state index is 0.0811. The number of nitrogens with zero attached hydrogens (tertiary/aromatic N) is 2. The van der Waals surface area contributed by atoms with Gasteiger partial charge in [0.1, 0.15) is 5.69 Å². The predicted molar refractivity (Wildman–Crippen MR) is 80.7 cm³/mol. The van der Waals surface area contributed by atoms with E-state index in [1.165, 1.54) is 4.90 Å². The average Bonchev–Trinajstić information content (AvgIpc) is 2.52. The number of aromatic nitrogens is 1. The van der Waals surface area contributed by atoms with Gasteiger partial charge in [-0.15, -0.1) is 0 Å². The Morgan fingerprint density at radius 2 is 1.96 bits per heavy atom. The summed E-state index contributed by atoms with van der Waals surface area (Å²) in [5.41, 5.74) is 0.197. The normalized spacial score (nSPS) is 17.9. The quantitative estimate of drug-likeness (QED) is 0.910. The van der Waals surface area contributed by atoms with Gasteiger partial charge in [-0.05, 0) is 38.7 Å². The van der Waals surface area contributed by atoms with E-state index in [0.717, 1.165) is 0 Å². The summed E-state index contributed by atoms with van der Waals surface area (Å²) in [5.74, 6) is -0.889. The SMILES string of the molecule is CC(C)Oc1cccc(C(=O)N2CCC(C(O)C(F)(F)F)CC2)n1. The molecule has 1 aromatic heterocycles. The van der Waals surface area contributed by atoms with Crippen molar-refractivity contribution in [2.75, 3.05) is 13.1 Å². The van der Waals surface area contributed by atoms with Gasteiger partial charge in [0.25, 0.3) is 5.91 Å². The van der Waals surface area contributed by atoms with E-state index in [9.17, 15) is 23.1 Å². The molecule has 1 saturated heterocycles. The van der Waals surface area contributed by atoms with Crippen molar-refractivity contribution in [2.24, 2.45) is 5.92 Å². The van der Waals surface area contributed by atoms with E-state index in [-0.39, 0.29) is 43.6 Å². The van der Waals surface area contributed by atoms with Gasteiger partial charge in [-0.25, -0.2) is 4.98 Å². The van der Waals surface area contributed by atoms with Gasteiger partial charge in [-0.2, -0.15) is 13.2 Å². The van der Waals surface area contributed by atoms with E-state index in [2.05, 4.69) is 4.98 Å². The number of rotatable bonds is 4. The molecule has 0 saturated carbocycles. The highest BCUT2D eigenvalue weighted by atomic mass is 19.4. The molecule has 1 aliphatic rings. The highest BCUT2D eigenvalue weighted by molar-refractivity contribution is 5.92. The van der Waals surface area contributed by atoms with E-state index in [1.54, 1.807) is 18.2 Å². The number of amides is 1. The van der Waals surface area contributed by atoms with Crippen molar-refractivity contribution >= 4 is 5.91 Å². The van der Waals surface area contributed by atoms with Crippen molar-refractivity contribution < 1.29 is 27.8 Å². The Kier molecular flexibility index (Phi) is 5.69. The molecule has 0 bridgehead atoms. The highest BCUT2D eigenvalue weighted by Crippen LogP contribution is 2.31. The molecule has 1 aliphatic heterocycles. The minimum atomic E-state index is -4.62. The van der Waals surface area contributed by atoms with E-state index in [4.69, 9.17) is 4.74 Å². The van der Waals surface area contributed by atoms with Crippen molar-refractivity contribution in [1.82, 2.24) is 9.88 Å². The summed E-state index contributed by atoms with van der Waals surface area (Å²) in [6.07, 6.45) is -6.83.